The average molecular weight is 755 g/mol. The van der Waals surface area contributed by atoms with Crippen molar-refractivity contribution in [1.29, 1.82) is 0 Å². The Morgan fingerprint density at radius 2 is 1.30 bits per heavy atom. The van der Waals surface area contributed by atoms with Gasteiger partial charge in [-0.3, -0.25) is 9.59 Å². The summed E-state index contributed by atoms with van der Waals surface area (Å²) in [7, 11) is 3.07. The summed E-state index contributed by atoms with van der Waals surface area (Å²) in [5.74, 6) is -6.45. The van der Waals surface area contributed by atoms with Crippen molar-refractivity contribution in [3.05, 3.63) is 83.4 Å². The van der Waals surface area contributed by atoms with Crippen LogP contribution in [0, 0.1) is 5.41 Å². The predicted molar refractivity (Wildman–Crippen MR) is 181 cm³/mol. The van der Waals surface area contributed by atoms with Crippen LogP contribution in [-0.2, 0) is 24.5 Å². The van der Waals surface area contributed by atoms with Crippen LogP contribution < -0.4 is 18.9 Å². The smallest absolute Gasteiger partial charge is 0.453 e. The van der Waals surface area contributed by atoms with E-state index in [1.165, 1.54) is 7.11 Å². The zero-order valence-corrected chi connectivity index (χ0v) is 29.5. The van der Waals surface area contributed by atoms with Gasteiger partial charge < -0.3 is 38.6 Å². The first-order chi connectivity index (χ1) is 25.1. The van der Waals surface area contributed by atoms with Gasteiger partial charge in [-0.1, -0.05) is 37.3 Å². The van der Waals surface area contributed by atoms with E-state index in [1.54, 1.807) is 19.2 Å². The first-order valence-electron chi connectivity index (χ1n) is 16.8. The number of aliphatic carboxylic acids is 2. The van der Waals surface area contributed by atoms with Crippen LogP contribution in [0.4, 0.5) is 22.0 Å². The number of carbonyl (C=O) groups is 2. The Labute approximate surface area is 303 Å². The molecule has 0 aromatic heterocycles. The minimum atomic E-state index is -5.82. The van der Waals surface area contributed by atoms with E-state index in [0.29, 0.717) is 29.6 Å². The van der Waals surface area contributed by atoms with Gasteiger partial charge in [0.2, 0.25) is 0 Å². The van der Waals surface area contributed by atoms with E-state index < -0.39 is 60.6 Å². The van der Waals surface area contributed by atoms with Gasteiger partial charge in [0, 0.05) is 43.6 Å². The highest BCUT2D eigenvalue weighted by Crippen LogP contribution is 2.51. The molecule has 53 heavy (non-hydrogen) atoms. The maximum atomic E-state index is 13.4. The van der Waals surface area contributed by atoms with Gasteiger partial charge >= 0.3 is 24.0 Å². The molecular formula is C38H43F5O10. The van der Waals surface area contributed by atoms with E-state index >= 15 is 0 Å². The molecule has 0 fully saturated rings. The maximum absolute atomic E-state index is 13.4. The van der Waals surface area contributed by atoms with E-state index in [9.17, 15) is 41.8 Å². The minimum Gasteiger partial charge on any atom is -0.494 e. The van der Waals surface area contributed by atoms with Crippen molar-refractivity contribution in [3.8, 4) is 23.0 Å². The van der Waals surface area contributed by atoms with E-state index in [-0.39, 0.29) is 39.0 Å². The van der Waals surface area contributed by atoms with Gasteiger partial charge in [0.15, 0.2) is 19.0 Å². The molecule has 3 aromatic carbocycles. The fourth-order valence-electron chi connectivity index (χ4n) is 6.48. The average Bonchev–Trinajstić information content (AvgIpc) is 3.12. The first kappa shape index (κ1) is 41.1. The highest BCUT2D eigenvalue weighted by molar-refractivity contribution is 5.98. The quantitative estimate of drug-likeness (QED) is 0.0504. The second-order valence-corrected chi connectivity index (χ2v) is 13.1. The maximum Gasteiger partial charge on any atom is 0.453 e. The van der Waals surface area contributed by atoms with Gasteiger partial charge in [0.05, 0.1) is 13.2 Å². The minimum absolute atomic E-state index is 0.00887. The molecule has 0 spiro atoms. The van der Waals surface area contributed by atoms with Crippen LogP contribution in [-0.4, -0.2) is 75.3 Å². The topological polar surface area (TPSA) is 130 Å². The lowest BCUT2D eigenvalue weighted by Crippen LogP contribution is -2.41. The van der Waals surface area contributed by atoms with Gasteiger partial charge in [0.1, 0.15) is 23.0 Å². The van der Waals surface area contributed by atoms with Crippen LogP contribution in [0.15, 0.2) is 66.7 Å². The van der Waals surface area contributed by atoms with E-state index in [1.807, 2.05) is 54.6 Å². The van der Waals surface area contributed by atoms with Crippen LogP contribution in [0.25, 0.3) is 0 Å². The number of hydrogen-bond donors (Lipinski definition) is 2. The summed E-state index contributed by atoms with van der Waals surface area (Å²) in [6.07, 6.45) is -9.62. The Balaban J connectivity index is 1.46. The number of methoxy groups -OCH3 is 2. The highest BCUT2D eigenvalue weighted by atomic mass is 19.4. The van der Waals surface area contributed by atoms with Gasteiger partial charge in [-0.05, 0) is 73.6 Å². The normalized spacial score (nSPS) is 17.4. The zero-order valence-electron chi connectivity index (χ0n) is 29.5. The number of unbranched alkanes of at least 4 members (excludes halogenated alkanes) is 1. The molecule has 3 aromatic rings. The number of hydrogen-bond acceptors (Lipinski definition) is 8. The van der Waals surface area contributed by atoms with Crippen molar-refractivity contribution >= 4 is 11.9 Å². The molecule has 0 saturated carbocycles. The standard InChI is InChI=1S/C38H43F5O10/c1-35(26-9-13-28(14-10-26)52-23-48-2)22-51-31-21-29(53-24-49-3)15-16-30(31)32(35)25-7-11-27(12-8-25)50-20-5-4-17-36(33(44)45,34(46)47)18-6-19-37(39,40)38(41,42)43/h7-16,21,32H,4-6,17-20,22-24H2,1-3H3,(H,44,45)(H,46,47). The number of fused-ring (bicyclic) bond motifs is 1. The molecule has 1 heterocycles. The van der Waals surface area contributed by atoms with Gasteiger partial charge in [-0.2, -0.15) is 22.0 Å². The van der Waals surface area contributed by atoms with Crippen LogP contribution in [0.1, 0.15) is 68.1 Å². The van der Waals surface area contributed by atoms with Crippen molar-refractivity contribution in [2.75, 3.05) is 41.0 Å². The fraction of sp³-hybridized carbons (Fsp3) is 0.474. The van der Waals surface area contributed by atoms with Crippen molar-refractivity contribution in [2.24, 2.45) is 5.41 Å². The number of halogens is 5. The molecule has 0 radical (unpaired) electrons. The van der Waals surface area contributed by atoms with Crippen molar-refractivity contribution < 1.29 is 70.2 Å². The van der Waals surface area contributed by atoms with E-state index in [4.69, 9.17) is 28.4 Å². The number of ether oxygens (including phenoxy) is 6. The van der Waals surface area contributed by atoms with Crippen molar-refractivity contribution in [1.82, 2.24) is 0 Å². The lowest BCUT2D eigenvalue weighted by Gasteiger charge is -2.43. The molecule has 4 rings (SSSR count). The van der Waals surface area contributed by atoms with Crippen molar-refractivity contribution in [3.63, 3.8) is 0 Å². The van der Waals surface area contributed by atoms with E-state index in [2.05, 4.69) is 6.92 Å². The molecule has 0 aliphatic carbocycles. The Hall–Kier alpha value is -4.63. The van der Waals surface area contributed by atoms with Crippen LogP contribution in [0.5, 0.6) is 23.0 Å². The van der Waals surface area contributed by atoms with Crippen LogP contribution in [0.2, 0.25) is 0 Å². The fourth-order valence-corrected chi connectivity index (χ4v) is 6.48. The molecule has 1 aliphatic heterocycles. The van der Waals surface area contributed by atoms with Gasteiger partial charge in [-0.25, -0.2) is 0 Å². The van der Waals surface area contributed by atoms with E-state index in [0.717, 1.165) is 16.7 Å². The molecule has 10 nitrogen and oxygen atoms in total. The third-order valence-corrected chi connectivity index (χ3v) is 9.47. The summed E-state index contributed by atoms with van der Waals surface area (Å²) < 4.78 is 97.8. The third-order valence-electron chi connectivity index (χ3n) is 9.47. The molecule has 2 unspecified atom stereocenters. The predicted octanol–water partition coefficient (Wildman–Crippen LogP) is 8.21. The number of carboxylic acid groups (broad SMARTS) is 2. The third kappa shape index (κ3) is 9.68. The molecule has 2 atom stereocenters. The lowest BCUT2D eigenvalue weighted by atomic mass is 9.65. The SMILES string of the molecule is COCOc1ccc(C2(C)COc3cc(OCOC)ccc3C2c2ccc(OCCCCC(CCCC(F)(F)C(F)(F)F)(C(=O)O)C(=O)O)cc2)cc1. The second kappa shape index (κ2) is 17.5. The monoisotopic (exact) mass is 754 g/mol. The molecule has 0 amide bonds. The molecule has 0 bridgehead atoms. The second-order valence-electron chi connectivity index (χ2n) is 13.1. The molecular weight excluding hydrogens is 711 g/mol. The Morgan fingerprint density at radius 1 is 0.755 bits per heavy atom. The molecule has 2 N–H and O–H groups in total. The summed E-state index contributed by atoms with van der Waals surface area (Å²) in [6, 6.07) is 20.8. The molecule has 290 valence electrons. The summed E-state index contributed by atoms with van der Waals surface area (Å²) in [4.78, 5) is 23.9. The van der Waals surface area contributed by atoms with Crippen LogP contribution in [0.3, 0.4) is 0 Å². The van der Waals surface area contributed by atoms with Crippen molar-refractivity contribution in [2.45, 2.75) is 68.9 Å². The highest BCUT2D eigenvalue weighted by Gasteiger charge is 2.57. The van der Waals surface area contributed by atoms with Gasteiger partial charge in [-0.15, -0.1) is 0 Å². The Morgan fingerprint density at radius 3 is 1.89 bits per heavy atom. The summed E-state index contributed by atoms with van der Waals surface area (Å²) in [5.41, 5.74) is -0.152. The number of carboxylic acids is 2. The first-order valence-corrected chi connectivity index (χ1v) is 16.8. The zero-order chi connectivity index (χ0) is 38.9. The van der Waals surface area contributed by atoms with Gasteiger partial charge in [0.25, 0.3) is 0 Å². The molecule has 15 heteroatoms. The molecule has 1 aliphatic rings. The largest absolute Gasteiger partial charge is 0.494 e. The summed E-state index contributed by atoms with van der Waals surface area (Å²) in [5, 5.41) is 19.3. The number of rotatable bonds is 20. The lowest BCUT2D eigenvalue weighted by molar-refractivity contribution is -0.284. The Kier molecular flexibility index (Phi) is 13.6. The number of benzene rings is 3. The number of alkyl halides is 5. The summed E-state index contributed by atoms with van der Waals surface area (Å²) in [6.45, 7) is 2.71. The summed E-state index contributed by atoms with van der Waals surface area (Å²) >= 11 is 0. The Bertz CT molecular complexity index is 1650. The van der Waals surface area contributed by atoms with Crippen LogP contribution >= 0.6 is 0 Å². The molecule has 0 saturated heterocycles.